The molecule has 0 aliphatic heterocycles. The Kier molecular flexibility index (Phi) is 3.04. The maximum atomic E-state index is 4.24. The number of nitrogens with one attached hydrogen (secondary N) is 1. The fourth-order valence-electron chi connectivity index (χ4n) is 2.78. The van der Waals surface area contributed by atoms with Gasteiger partial charge in [-0.2, -0.15) is 5.10 Å². The summed E-state index contributed by atoms with van der Waals surface area (Å²) in [6, 6.07) is 9.69. The molecule has 4 rings (SSSR count). The van der Waals surface area contributed by atoms with Crippen LogP contribution in [0, 0.1) is 0 Å². The van der Waals surface area contributed by atoms with Crippen molar-refractivity contribution in [3.8, 4) is 0 Å². The van der Waals surface area contributed by atoms with Crippen molar-refractivity contribution in [2.75, 3.05) is 0 Å². The average Bonchev–Trinajstić information content (AvgIpc) is 3.12. The lowest BCUT2D eigenvalue weighted by Crippen LogP contribution is -2.15. The van der Waals surface area contributed by atoms with Gasteiger partial charge < -0.3 is 9.88 Å². The first-order chi connectivity index (χ1) is 10.3. The summed E-state index contributed by atoms with van der Waals surface area (Å²) in [5, 5.41) is 9.12. The van der Waals surface area contributed by atoms with Gasteiger partial charge in [-0.15, -0.1) is 0 Å². The third-order valence-electron chi connectivity index (χ3n) is 4.12. The molecule has 0 spiro atoms. The lowest BCUT2D eigenvalue weighted by atomic mass is 10.1. The van der Waals surface area contributed by atoms with E-state index >= 15 is 0 Å². The summed E-state index contributed by atoms with van der Waals surface area (Å²) < 4.78 is 4.15. The third-order valence-corrected chi connectivity index (χ3v) is 4.12. The van der Waals surface area contributed by atoms with Gasteiger partial charge in [0.05, 0.1) is 12.7 Å². The van der Waals surface area contributed by atoms with E-state index in [0.29, 0.717) is 0 Å². The molecule has 21 heavy (non-hydrogen) atoms. The normalized spacial score (nSPS) is 14.9. The zero-order valence-electron chi connectivity index (χ0n) is 12.3. The van der Waals surface area contributed by atoms with E-state index in [1.807, 2.05) is 17.9 Å². The molecule has 4 nitrogen and oxygen atoms in total. The average molecular weight is 280 g/mol. The Bertz CT molecular complexity index is 764. The summed E-state index contributed by atoms with van der Waals surface area (Å²) in [5.74, 6) is 0. The highest BCUT2D eigenvalue weighted by atomic mass is 15.2. The SMILES string of the molecule is Cn1cc(Cn2ccc3ccc(CNC4CC4)cc32)cn1. The van der Waals surface area contributed by atoms with Gasteiger partial charge in [-0.25, -0.2) is 0 Å². The van der Waals surface area contributed by atoms with Crippen LogP contribution in [0.2, 0.25) is 0 Å². The Balaban J connectivity index is 1.60. The maximum Gasteiger partial charge on any atom is 0.0539 e. The second-order valence-corrected chi connectivity index (χ2v) is 6.01. The first kappa shape index (κ1) is 12.7. The van der Waals surface area contributed by atoms with Gasteiger partial charge in [-0.3, -0.25) is 4.68 Å². The van der Waals surface area contributed by atoms with Crippen molar-refractivity contribution >= 4 is 10.9 Å². The molecule has 1 aliphatic carbocycles. The summed E-state index contributed by atoms with van der Waals surface area (Å²) in [7, 11) is 1.96. The summed E-state index contributed by atoms with van der Waals surface area (Å²) in [6.45, 7) is 1.84. The Morgan fingerprint density at radius 3 is 2.90 bits per heavy atom. The Labute approximate surface area is 124 Å². The van der Waals surface area contributed by atoms with Crippen molar-refractivity contribution in [3.05, 3.63) is 54.0 Å². The molecule has 1 aromatic carbocycles. The monoisotopic (exact) mass is 280 g/mol. The van der Waals surface area contributed by atoms with Crippen molar-refractivity contribution in [2.24, 2.45) is 7.05 Å². The number of hydrogen-bond donors (Lipinski definition) is 1. The number of fused-ring (bicyclic) bond motifs is 1. The van der Waals surface area contributed by atoms with Gasteiger partial charge in [0.2, 0.25) is 0 Å². The van der Waals surface area contributed by atoms with Crippen LogP contribution in [0.4, 0.5) is 0 Å². The molecule has 108 valence electrons. The molecule has 0 bridgehead atoms. The first-order valence-electron chi connectivity index (χ1n) is 7.56. The van der Waals surface area contributed by atoms with Crippen LogP contribution in [0.3, 0.4) is 0 Å². The number of nitrogens with zero attached hydrogens (tertiary/aromatic N) is 3. The molecule has 1 aliphatic rings. The van der Waals surface area contributed by atoms with Crippen LogP contribution >= 0.6 is 0 Å². The summed E-state index contributed by atoms with van der Waals surface area (Å²) in [5.41, 5.74) is 3.89. The van der Waals surface area contributed by atoms with Gasteiger partial charge in [0.1, 0.15) is 0 Å². The van der Waals surface area contributed by atoms with Crippen LogP contribution in [-0.2, 0) is 20.1 Å². The van der Waals surface area contributed by atoms with Gasteiger partial charge in [-0.1, -0.05) is 12.1 Å². The molecule has 1 saturated carbocycles. The predicted molar refractivity (Wildman–Crippen MR) is 84.1 cm³/mol. The molecule has 0 radical (unpaired) electrons. The smallest absolute Gasteiger partial charge is 0.0539 e. The zero-order valence-corrected chi connectivity index (χ0v) is 12.3. The van der Waals surface area contributed by atoms with Crippen molar-refractivity contribution < 1.29 is 0 Å². The molecule has 4 heteroatoms. The second kappa shape index (κ2) is 5.04. The lowest BCUT2D eigenvalue weighted by Gasteiger charge is -2.07. The molecular formula is C17H20N4. The van der Waals surface area contributed by atoms with Crippen LogP contribution in [-0.4, -0.2) is 20.4 Å². The fourth-order valence-corrected chi connectivity index (χ4v) is 2.78. The quantitative estimate of drug-likeness (QED) is 0.780. The molecule has 2 heterocycles. The largest absolute Gasteiger partial charge is 0.343 e. The summed E-state index contributed by atoms with van der Waals surface area (Å²) in [6.07, 6.45) is 8.84. The number of rotatable bonds is 5. The summed E-state index contributed by atoms with van der Waals surface area (Å²) in [4.78, 5) is 0. The molecule has 1 N–H and O–H groups in total. The van der Waals surface area contributed by atoms with Gasteiger partial charge in [0.25, 0.3) is 0 Å². The Hall–Kier alpha value is -2.07. The van der Waals surface area contributed by atoms with Gasteiger partial charge in [0.15, 0.2) is 0 Å². The molecule has 0 saturated heterocycles. The minimum Gasteiger partial charge on any atom is -0.343 e. The molecule has 1 fully saturated rings. The minimum atomic E-state index is 0.753. The van der Waals surface area contributed by atoms with E-state index in [9.17, 15) is 0 Å². The van der Waals surface area contributed by atoms with Crippen molar-refractivity contribution in [1.29, 1.82) is 0 Å². The predicted octanol–water partition coefficient (Wildman–Crippen LogP) is 2.68. The molecule has 0 amide bonds. The van der Waals surface area contributed by atoms with Crippen LogP contribution < -0.4 is 5.32 Å². The topological polar surface area (TPSA) is 34.8 Å². The molecule has 0 unspecified atom stereocenters. The van der Waals surface area contributed by atoms with E-state index in [2.05, 4.69) is 51.6 Å². The van der Waals surface area contributed by atoms with E-state index in [1.54, 1.807) is 0 Å². The van der Waals surface area contributed by atoms with Gasteiger partial charge in [-0.05, 0) is 35.9 Å². The van der Waals surface area contributed by atoms with E-state index < -0.39 is 0 Å². The maximum absolute atomic E-state index is 4.24. The highest BCUT2D eigenvalue weighted by molar-refractivity contribution is 5.80. The highest BCUT2D eigenvalue weighted by Gasteiger charge is 2.19. The highest BCUT2D eigenvalue weighted by Crippen LogP contribution is 2.22. The molecular weight excluding hydrogens is 260 g/mol. The third kappa shape index (κ3) is 2.72. The Morgan fingerprint density at radius 1 is 1.24 bits per heavy atom. The van der Waals surface area contributed by atoms with E-state index in [-0.39, 0.29) is 0 Å². The number of benzene rings is 1. The molecule has 0 atom stereocenters. The fraction of sp³-hybridized carbons (Fsp3) is 0.353. The zero-order chi connectivity index (χ0) is 14.2. The number of hydrogen-bond acceptors (Lipinski definition) is 2. The second-order valence-electron chi connectivity index (χ2n) is 6.01. The van der Waals surface area contributed by atoms with Crippen molar-refractivity contribution in [2.45, 2.75) is 32.0 Å². The van der Waals surface area contributed by atoms with Crippen LogP contribution in [0.15, 0.2) is 42.9 Å². The van der Waals surface area contributed by atoms with Gasteiger partial charge >= 0.3 is 0 Å². The molecule has 3 aromatic rings. The minimum absolute atomic E-state index is 0.753. The summed E-state index contributed by atoms with van der Waals surface area (Å²) >= 11 is 0. The molecule has 2 aromatic heterocycles. The van der Waals surface area contributed by atoms with Crippen molar-refractivity contribution in [3.63, 3.8) is 0 Å². The Morgan fingerprint density at radius 2 is 2.14 bits per heavy atom. The van der Waals surface area contributed by atoms with Crippen molar-refractivity contribution in [1.82, 2.24) is 19.7 Å². The van der Waals surface area contributed by atoms with Gasteiger partial charge in [0, 0.05) is 43.1 Å². The van der Waals surface area contributed by atoms with Crippen LogP contribution in [0.25, 0.3) is 10.9 Å². The van der Waals surface area contributed by atoms with E-state index in [0.717, 1.165) is 19.1 Å². The number of aromatic nitrogens is 3. The van der Waals surface area contributed by atoms with E-state index in [1.165, 1.54) is 34.9 Å². The lowest BCUT2D eigenvalue weighted by molar-refractivity contribution is 0.688. The first-order valence-corrected chi connectivity index (χ1v) is 7.56. The standard InChI is InChI=1S/C17H20N4/c1-20-11-14(10-19-20)12-21-7-6-15-3-2-13(8-17(15)21)9-18-16-4-5-16/h2-3,6-8,10-11,16,18H,4-5,9,12H2,1H3. The number of aryl methyl sites for hydroxylation is 1. The van der Waals surface area contributed by atoms with Crippen LogP contribution in [0.5, 0.6) is 0 Å². The van der Waals surface area contributed by atoms with E-state index in [4.69, 9.17) is 0 Å². The van der Waals surface area contributed by atoms with Crippen LogP contribution in [0.1, 0.15) is 24.0 Å².